The molecule has 2 aliphatic carbocycles. The number of hydrogen-bond donors (Lipinski definition) is 1. The fourth-order valence-corrected chi connectivity index (χ4v) is 4.12. The Kier molecular flexibility index (Phi) is 6.83. The zero-order valence-electron chi connectivity index (χ0n) is 17.0. The van der Waals surface area contributed by atoms with Crippen LogP contribution in [0.2, 0.25) is 0 Å². The molecule has 0 aliphatic heterocycles. The SMILES string of the molecule is CC1(CCCCCc2ccc(O)c(CCCCCC3(OC=O)CC3)c2)CC1. The number of phenolic OH excluding ortho intramolecular Hbond substituents is 1. The first-order valence-corrected chi connectivity index (χ1v) is 11.0. The highest BCUT2D eigenvalue weighted by Gasteiger charge is 2.44. The number of rotatable bonds is 14. The van der Waals surface area contributed by atoms with Crippen molar-refractivity contribution in [2.24, 2.45) is 5.41 Å². The van der Waals surface area contributed by atoms with E-state index in [4.69, 9.17) is 4.74 Å². The Morgan fingerprint density at radius 3 is 2.33 bits per heavy atom. The molecule has 0 bridgehead atoms. The average molecular weight is 373 g/mol. The van der Waals surface area contributed by atoms with E-state index in [-0.39, 0.29) is 5.60 Å². The topological polar surface area (TPSA) is 46.5 Å². The molecule has 0 amide bonds. The van der Waals surface area contributed by atoms with Gasteiger partial charge in [-0.2, -0.15) is 0 Å². The zero-order chi connectivity index (χ0) is 19.2. The fourth-order valence-electron chi connectivity index (χ4n) is 4.12. The maximum atomic E-state index is 10.5. The Morgan fingerprint density at radius 2 is 1.67 bits per heavy atom. The third-order valence-electron chi connectivity index (χ3n) is 6.68. The number of phenols is 1. The first-order chi connectivity index (χ1) is 13.0. The fraction of sp³-hybridized carbons (Fsp3) is 0.708. The van der Waals surface area contributed by atoms with Crippen molar-refractivity contribution in [3.05, 3.63) is 29.3 Å². The molecule has 3 nitrogen and oxygen atoms in total. The van der Waals surface area contributed by atoms with Gasteiger partial charge in [-0.15, -0.1) is 0 Å². The highest BCUT2D eigenvalue weighted by atomic mass is 16.5. The molecule has 0 unspecified atom stereocenters. The van der Waals surface area contributed by atoms with E-state index in [0.717, 1.165) is 56.9 Å². The molecule has 2 saturated carbocycles. The summed E-state index contributed by atoms with van der Waals surface area (Å²) in [5.41, 5.74) is 3.00. The molecule has 0 heterocycles. The number of aryl methyl sites for hydroxylation is 2. The second kappa shape index (κ2) is 9.12. The van der Waals surface area contributed by atoms with E-state index in [1.807, 2.05) is 6.07 Å². The van der Waals surface area contributed by atoms with E-state index < -0.39 is 0 Å². The summed E-state index contributed by atoms with van der Waals surface area (Å²) in [5, 5.41) is 10.1. The molecule has 1 aromatic carbocycles. The lowest BCUT2D eigenvalue weighted by Crippen LogP contribution is -2.12. The van der Waals surface area contributed by atoms with Gasteiger partial charge in [0.25, 0.3) is 6.47 Å². The van der Waals surface area contributed by atoms with Crippen LogP contribution in [0, 0.1) is 5.41 Å². The van der Waals surface area contributed by atoms with Crippen molar-refractivity contribution in [2.75, 3.05) is 0 Å². The van der Waals surface area contributed by atoms with Gasteiger partial charge in [-0.05, 0) is 93.2 Å². The Morgan fingerprint density at radius 1 is 0.963 bits per heavy atom. The highest BCUT2D eigenvalue weighted by molar-refractivity contribution is 5.39. The quantitative estimate of drug-likeness (QED) is 0.317. The monoisotopic (exact) mass is 372 g/mol. The first-order valence-electron chi connectivity index (χ1n) is 11.0. The van der Waals surface area contributed by atoms with E-state index in [2.05, 4.69) is 19.1 Å². The summed E-state index contributed by atoms with van der Waals surface area (Å²) in [6, 6.07) is 6.15. The Labute approximate surface area is 164 Å². The third-order valence-corrected chi connectivity index (χ3v) is 6.68. The van der Waals surface area contributed by atoms with Gasteiger partial charge < -0.3 is 9.84 Å². The maximum Gasteiger partial charge on any atom is 0.293 e. The number of unbranched alkanes of at least 4 members (excludes halogenated alkanes) is 4. The van der Waals surface area contributed by atoms with Crippen LogP contribution >= 0.6 is 0 Å². The molecule has 3 heteroatoms. The van der Waals surface area contributed by atoms with Crippen molar-refractivity contribution in [1.29, 1.82) is 0 Å². The van der Waals surface area contributed by atoms with Crippen LogP contribution in [-0.2, 0) is 22.4 Å². The molecular weight excluding hydrogens is 336 g/mol. The van der Waals surface area contributed by atoms with Crippen LogP contribution in [0.3, 0.4) is 0 Å². The van der Waals surface area contributed by atoms with Gasteiger partial charge in [-0.1, -0.05) is 38.3 Å². The number of ether oxygens (including phenoxy) is 1. The van der Waals surface area contributed by atoms with Crippen molar-refractivity contribution in [3.63, 3.8) is 0 Å². The van der Waals surface area contributed by atoms with Gasteiger partial charge in [-0.25, -0.2) is 0 Å². The molecule has 0 spiro atoms. The summed E-state index contributed by atoms with van der Waals surface area (Å²) in [6.45, 7) is 3.02. The van der Waals surface area contributed by atoms with Crippen LogP contribution in [0.25, 0.3) is 0 Å². The van der Waals surface area contributed by atoms with Crippen molar-refractivity contribution < 1.29 is 14.6 Å². The molecule has 150 valence electrons. The van der Waals surface area contributed by atoms with Gasteiger partial charge in [0, 0.05) is 0 Å². The lowest BCUT2D eigenvalue weighted by Gasteiger charge is -2.13. The lowest BCUT2D eigenvalue weighted by molar-refractivity contribution is -0.135. The third kappa shape index (κ3) is 6.55. The van der Waals surface area contributed by atoms with Gasteiger partial charge in [0.1, 0.15) is 11.4 Å². The van der Waals surface area contributed by atoms with Crippen LogP contribution < -0.4 is 0 Å². The number of aromatic hydroxyl groups is 1. The molecule has 0 aromatic heterocycles. The van der Waals surface area contributed by atoms with Gasteiger partial charge in [0.15, 0.2) is 0 Å². The van der Waals surface area contributed by atoms with Crippen molar-refractivity contribution in [1.82, 2.24) is 0 Å². The molecule has 1 N–H and O–H groups in total. The summed E-state index contributed by atoms with van der Waals surface area (Å²) < 4.78 is 5.20. The summed E-state index contributed by atoms with van der Waals surface area (Å²) in [5.74, 6) is 0.434. The molecule has 0 saturated heterocycles. The van der Waals surface area contributed by atoms with Crippen molar-refractivity contribution >= 4 is 6.47 Å². The number of carbonyl (C=O) groups is 1. The molecule has 27 heavy (non-hydrogen) atoms. The van der Waals surface area contributed by atoms with Crippen LogP contribution in [0.1, 0.15) is 95.1 Å². The highest BCUT2D eigenvalue weighted by Crippen LogP contribution is 2.49. The minimum absolute atomic E-state index is 0.124. The van der Waals surface area contributed by atoms with Crippen LogP contribution in [0.5, 0.6) is 5.75 Å². The number of hydrogen-bond acceptors (Lipinski definition) is 3. The normalized spacial score (nSPS) is 18.9. The van der Waals surface area contributed by atoms with Crippen molar-refractivity contribution in [2.45, 2.75) is 102 Å². The molecule has 1 aromatic rings. The summed E-state index contributed by atoms with van der Waals surface area (Å²) >= 11 is 0. The predicted octanol–water partition coefficient (Wildman–Crippen LogP) is 6.10. The Balaban J connectivity index is 1.32. The van der Waals surface area contributed by atoms with Crippen LogP contribution in [0.4, 0.5) is 0 Å². The van der Waals surface area contributed by atoms with Crippen LogP contribution in [0.15, 0.2) is 18.2 Å². The first kappa shape index (κ1) is 20.2. The molecular formula is C24H36O3. The second-order valence-corrected chi connectivity index (χ2v) is 9.29. The second-order valence-electron chi connectivity index (χ2n) is 9.29. The minimum Gasteiger partial charge on any atom is -0.508 e. The average Bonchev–Trinajstić information content (AvgIpc) is 3.56. The van der Waals surface area contributed by atoms with E-state index in [1.54, 1.807) is 0 Å². The molecule has 0 atom stereocenters. The van der Waals surface area contributed by atoms with Gasteiger partial charge in [0.05, 0.1) is 0 Å². The van der Waals surface area contributed by atoms with Gasteiger partial charge >= 0.3 is 0 Å². The molecule has 2 fully saturated rings. The van der Waals surface area contributed by atoms with E-state index in [9.17, 15) is 9.90 Å². The Bertz CT molecular complexity index is 614. The molecule has 3 rings (SSSR count). The number of benzene rings is 1. The smallest absolute Gasteiger partial charge is 0.293 e. The standard InChI is InChI=1S/C24H36O3/c1-23(14-15-23)12-6-2-4-8-20-10-11-22(26)21(18-20)9-5-3-7-13-24(16-17-24)27-19-25/h10-11,18-19,26H,2-9,12-17H2,1H3. The maximum absolute atomic E-state index is 10.5. The summed E-state index contributed by atoms with van der Waals surface area (Å²) in [6.07, 6.45) is 16.5. The van der Waals surface area contributed by atoms with Crippen molar-refractivity contribution in [3.8, 4) is 5.75 Å². The van der Waals surface area contributed by atoms with Crippen LogP contribution in [-0.4, -0.2) is 17.2 Å². The van der Waals surface area contributed by atoms with E-state index >= 15 is 0 Å². The minimum atomic E-state index is -0.124. The zero-order valence-corrected chi connectivity index (χ0v) is 17.0. The molecule has 2 aliphatic rings. The van der Waals surface area contributed by atoms with Gasteiger partial charge in [0.2, 0.25) is 0 Å². The van der Waals surface area contributed by atoms with Gasteiger partial charge in [-0.3, -0.25) is 4.79 Å². The predicted molar refractivity (Wildman–Crippen MR) is 109 cm³/mol. The van der Waals surface area contributed by atoms with E-state index in [0.29, 0.717) is 17.6 Å². The van der Waals surface area contributed by atoms with E-state index in [1.165, 1.54) is 44.1 Å². The Hall–Kier alpha value is -1.51. The molecule has 0 radical (unpaired) electrons. The largest absolute Gasteiger partial charge is 0.508 e. The summed E-state index contributed by atoms with van der Waals surface area (Å²) in [4.78, 5) is 10.5. The number of carbonyl (C=O) groups excluding carboxylic acids is 1. The lowest BCUT2D eigenvalue weighted by atomic mass is 9.97. The summed E-state index contributed by atoms with van der Waals surface area (Å²) in [7, 11) is 0.